The first-order valence-corrected chi connectivity index (χ1v) is 9.68. The molecule has 1 aromatic carbocycles. The summed E-state index contributed by atoms with van der Waals surface area (Å²) in [7, 11) is 0. The molecule has 0 spiro atoms. The van der Waals surface area contributed by atoms with Gasteiger partial charge in [-0.3, -0.25) is 4.79 Å². The number of aryl methyl sites for hydroxylation is 1. The number of amides is 1. The van der Waals surface area contributed by atoms with Gasteiger partial charge < -0.3 is 10.0 Å². The summed E-state index contributed by atoms with van der Waals surface area (Å²) in [5.41, 5.74) is 2.92. The number of hydrogen-bond acceptors (Lipinski definition) is 4. The maximum atomic E-state index is 13.2. The van der Waals surface area contributed by atoms with Gasteiger partial charge in [0.1, 0.15) is 5.54 Å². The summed E-state index contributed by atoms with van der Waals surface area (Å²) in [6, 6.07) is 7.75. The Hall–Kier alpha value is -2.53. The lowest BCUT2D eigenvalue weighted by Gasteiger charge is -2.32. The summed E-state index contributed by atoms with van der Waals surface area (Å²) >= 11 is 0. The molecular weight excluding hydrogens is 352 g/mol. The van der Waals surface area contributed by atoms with E-state index in [-0.39, 0.29) is 25.1 Å². The lowest BCUT2D eigenvalue weighted by molar-refractivity contribution is -0.130. The fraction of sp³-hybridized carbons (Fsp3) is 0.435. The number of rotatable bonds is 6. The molecule has 0 aliphatic carbocycles. The number of nitrogens with zero attached hydrogens (tertiary/aromatic N) is 2. The normalized spacial score (nSPS) is 23.9. The summed E-state index contributed by atoms with van der Waals surface area (Å²) < 4.78 is 0. The number of aliphatic hydroxyl groups is 1. The first-order chi connectivity index (χ1) is 13.3. The van der Waals surface area contributed by atoms with Crippen molar-refractivity contribution in [1.82, 2.24) is 4.90 Å². The molecule has 0 bridgehead atoms. The molecule has 1 amide bonds. The molecule has 1 aliphatic heterocycles. The van der Waals surface area contributed by atoms with E-state index < -0.39 is 5.54 Å². The average molecular weight is 383 g/mol. The smallest absolute Gasteiger partial charge is 0.254 e. The predicted octanol–water partition coefficient (Wildman–Crippen LogP) is 4.41. The van der Waals surface area contributed by atoms with Crippen LogP contribution in [0.2, 0.25) is 0 Å². The Labute approximate surface area is 167 Å². The highest BCUT2D eigenvalue weighted by Crippen LogP contribution is 2.28. The van der Waals surface area contributed by atoms with E-state index in [0.717, 1.165) is 23.1 Å². The van der Waals surface area contributed by atoms with Crippen LogP contribution in [0.1, 0.15) is 44.2 Å². The molecule has 1 aromatic rings. The van der Waals surface area contributed by atoms with Crippen LogP contribution in [-0.2, 0) is 4.79 Å². The van der Waals surface area contributed by atoms with Gasteiger partial charge >= 0.3 is 0 Å². The average Bonchev–Trinajstić information content (AvgIpc) is 2.87. The fourth-order valence-electron chi connectivity index (χ4n) is 3.66. The van der Waals surface area contributed by atoms with Crippen LogP contribution in [0.3, 0.4) is 0 Å². The Bertz CT molecular complexity index is 797. The van der Waals surface area contributed by atoms with Crippen LogP contribution >= 0.6 is 0 Å². The Kier molecular flexibility index (Phi) is 7.46. The molecule has 2 rings (SSSR count). The third-order valence-corrected chi connectivity index (χ3v) is 5.45. The first-order valence-electron chi connectivity index (χ1n) is 9.68. The molecule has 5 nitrogen and oxygen atoms in total. The number of likely N-dealkylation sites (tertiary alicyclic amines) is 1. The van der Waals surface area contributed by atoms with E-state index in [1.807, 2.05) is 44.2 Å². The third-order valence-electron chi connectivity index (χ3n) is 5.45. The maximum Gasteiger partial charge on any atom is 0.254 e. The molecule has 150 valence electrons. The van der Waals surface area contributed by atoms with Crippen molar-refractivity contribution in [2.45, 2.75) is 51.6 Å². The minimum atomic E-state index is -0.835. The van der Waals surface area contributed by atoms with E-state index in [1.54, 1.807) is 17.9 Å². The summed E-state index contributed by atoms with van der Waals surface area (Å²) in [4.78, 5) is 26.1. The minimum absolute atomic E-state index is 0.136. The Morgan fingerprint density at radius 3 is 2.71 bits per heavy atom. The van der Waals surface area contributed by atoms with Gasteiger partial charge in [0.2, 0.25) is 0 Å². The zero-order valence-corrected chi connectivity index (χ0v) is 17.0. The molecule has 0 aromatic heterocycles. The van der Waals surface area contributed by atoms with Gasteiger partial charge in [0, 0.05) is 12.1 Å². The van der Waals surface area contributed by atoms with Crippen molar-refractivity contribution in [2.75, 3.05) is 13.2 Å². The third kappa shape index (κ3) is 5.04. The fourth-order valence-corrected chi connectivity index (χ4v) is 3.66. The van der Waals surface area contributed by atoms with Crippen molar-refractivity contribution in [1.29, 1.82) is 0 Å². The SMILES string of the molecule is C=C/C(=C\C=C(/C)c1ccccc1C)C(=O)N1CC(C)(N=O)CCC[C@H]1CO. The molecule has 0 radical (unpaired) electrons. The molecule has 1 saturated heterocycles. The predicted molar refractivity (Wildman–Crippen MR) is 114 cm³/mol. The van der Waals surface area contributed by atoms with Crippen molar-refractivity contribution in [3.63, 3.8) is 0 Å². The summed E-state index contributed by atoms with van der Waals surface area (Å²) in [6.45, 7) is 9.66. The minimum Gasteiger partial charge on any atom is -0.394 e. The standard InChI is InChI=1S/C23H30N2O3/c1-5-19(13-12-18(3)21-11-7-6-9-17(21)2)22(27)25-16-23(4,24-28)14-8-10-20(25)15-26/h5-7,9,11-13,20,26H,1,8,10,14-16H2,2-4H3/b18-12+,19-13+/t20-,23?/m0/s1. The van der Waals surface area contributed by atoms with Crippen molar-refractivity contribution < 1.29 is 9.90 Å². The van der Waals surface area contributed by atoms with E-state index in [1.165, 1.54) is 6.08 Å². The number of allylic oxidation sites excluding steroid dienone is 3. The lowest BCUT2D eigenvalue weighted by Crippen LogP contribution is -2.47. The molecule has 28 heavy (non-hydrogen) atoms. The van der Waals surface area contributed by atoms with Gasteiger partial charge in [-0.1, -0.05) is 48.2 Å². The number of carbonyl (C=O) groups is 1. The molecule has 1 unspecified atom stereocenters. The Morgan fingerprint density at radius 2 is 2.11 bits per heavy atom. The van der Waals surface area contributed by atoms with E-state index in [9.17, 15) is 14.8 Å². The van der Waals surface area contributed by atoms with Crippen LogP contribution in [0.15, 0.2) is 59.8 Å². The largest absolute Gasteiger partial charge is 0.394 e. The highest BCUT2D eigenvalue weighted by Gasteiger charge is 2.37. The van der Waals surface area contributed by atoms with Crippen LogP contribution < -0.4 is 0 Å². The highest BCUT2D eigenvalue weighted by atomic mass is 16.3. The van der Waals surface area contributed by atoms with Crippen LogP contribution in [-0.4, -0.2) is 40.6 Å². The van der Waals surface area contributed by atoms with E-state index in [0.29, 0.717) is 18.4 Å². The zero-order chi connectivity index (χ0) is 20.7. The molecular formula is C23H30N2O3. The van der Waals surface area contributed by atoms with Crippen molar-refractivity contribution in [2.24, 2.45) is 5.18 Å². The molecule has 5 heteroatoms. The Balaban J connectivity index is 2.33. The molecule has 1 aliphatic rings. The second-order valence-corrected chi connectivity index (χ2v) is 7.74. The second kappa shape index (κ2) is 9.60. The van der Waals surface area contributed by atoms with Crippen molar-refractivity contribution in [3.8, 4) is 0 Å². The summed E-state index contributed by atoms with van der Waals surface area (Å²) in [5.74, 6) is -0.236. The number of nitroso groups, excluding NO2 is 1. The number of benzene rings is 1. The first kappa shape index (κ1) is 21.8. The lowest BCUT2D eigenvalue weighted by atomic mass is 9.97. The van der Waals surface area contributed by atoms with Gasteiger partial charge in [-0.2, -0.15) is 4.91 Å². The van der Waals surface area contributed by atoms with Crippen LogP contribution in [0.5, 0.6) is 0 Å². The van der Waals surface area contributed by atoms with Crippen LogP contribution in [0.4, 0.5) is 0 Å². The molecule has 1 N–H and O–H groups in total. The number of aliphatic hydroxyl groups excluding tert-OH is 1. The van der Waals surface area contributed by atoms with Gasteiger partial charge in [-0.25, -0.2) is 0 Å². The topological polar surface area (TPSA) is 70.0 Å². The van der Waals surface area contributed by atoms with Gasteiger partial charge in [0.05, 0.1) is 12.6 Å². The molecule has 1 fully saturated rings. The van der Waals surface area contributed by atoms with Crippen molar-refractivity contribution >= 4 is 11.5 Å². The van der Waals surface area contributed by atoms with E-state index >= 15 is 0 Å². The monoisotopic (exact) mass is 382 g/mol. The maximum absolute atomic E-state index is 13.2. The molecule has 2 atom stereocenters. The van der Waals surface area contributed by atoms with Gasteiger partial charge in [-0.15, -0.1) is 0 Å². The summed E-state index contributed by atoms with van der Waals surface area (Å²) in [5, 5.41) is 13.0. The number of hydrogen-bond donors (Lipinski definition) is 1. The van der Waals surface area contributed by atoms with Gasteiger partial charge in [-0.05, 0) is 62.8 Å². The van der Waals surface area contributed by atoms with Crippen LogP contribution in [0, 0.1) is 11.8 Å². The number of carbonyl (C=O) groups excluding carboxylic acids is 1. The van der Waals surface area contributed by atoms with Gasteiger partial charge in [0.25, 0.3) is 5.91 Å². The van der Waals surface area contributed by atoms with Crippen LogP contribution in [0.25, 0.3) is 5.57 Å². The van der Waals surface area contributed by atoms with E-state index in [4.69, 9.17) is 0 Å². The second-order valence-electron chi connectivity index (χ2n) is 7.74. The summed E-state index contributed by atoms with van der Waals surface area (Å²) in [6.07, 6.45) is 7.18. The van der Waals surface area contributed by atoms with Crippen molar-refractivity contribution in [3.05, 3.63) is 70.7 Å². The molecule has 1 heterocycles. The highest BCUT2D eigenvalue weighted by molar-refractivity contribution is 5.97. The quantitative estimate of drug-likeness (QED) is 0.450. The molecule has 0 saturated carbocycles. The zero-order valence-electron chi connectivity index (χ0n) is 17.0. The van der Waals surface area contributed by atoms with E-state index in [2.05, 4.69) is 11.8 Å². The van der Waals surface area contributed by atoms with Gasteiger partial charge in [0.15, 0.2) is 0 Å². The Morgan fingerprint density at radius 1 is 1.39 bits per heavy atom.